The van der Waals surface area contributed by atoms with Gasteiger partial charge in [-0.25, -0.2) is 15.0 Å². The normalized spacial score (nSPS) is 19.9. The molecule has 7 rings (SSSR count). The van der Waals surface area contributed by atoms with E-state index in [-0.39, 0.29) is 30.5 Å². The highest BCUT2D eigenvalue weighted by Gasteiger charge is 2.42. The zero-order chi connectivity index (χ0) is 32.1. The van der Waals surface area contributed by atoms with Crippen LogP contribution >= 0.6 is 11.9 Å². The number of nitrogens with one attached hydrogen (secondary N) is 1. The summed E-state index contributed by atoms with van der Waals surface area (Å²) in [5, 5.41) is 0. The number of amides is 1. The summed E-state index contributed by atoms with van der Waals surface area (Å²) in [5.74, 6) is 1.47. The number of rotatable bonds is 6. The Bertz CT molecular complexity index is 1740. The fraction of sp³-hybridized carbons (Fsp3) is 0.417. The second-order valence-corrected chi connectivity index (χ2v) is 15.1. The van der Waals surface area contributed by atoms with E-state index in [1.54, 1.807) is 0 Å². The van der Waals surface area contributed by atoms with Gasteiger partial charge in [-0.3, -0.25) is 9.52 Å². The summed E-state index contributed by atoms with van der Waals surface area (Å²) in [6.45, 7) is 13.6. The number of fused-ring (bicyclic) bond motifs is 4. The topological polar surface area (TPSA) is 96.4 Å². The van der Waals surface area contributed by atoms with Crippen LogP contribution < -0.4 is 14.4 Å². The number of nitrogens with zero attached hydrogens (tertiary/aromatic N) is 6. The average molecular weight is 636 g/mol. The van der Waals surface area contributed by atoms with Gasteiger partial charge in [0.2, 0.25) is 11.8 Å². The van der Waals surface area contributed by atoms with E-state index in [9.17, 15) is 4.79 Å². The molecule has 2 aliphatic heterocycles. The van der Waals surface area contributed by atoms with E-state index in [0.29, 0.717) is 28.6 Å². The van der Waals surface area contributed by atoms with Gasteiger partial charge in [0.05, 0.1) is 36.4 Å². The minimum absolute atomic E-state index is 0.0641. The van der Waals surface area contributed by atoms with Crippen LogP contribution in [0.15, 0.2) is 65.8 Å². The van der Waals surface area contributed by atoms with Gasteiger partial charge in [-0.1, -0.05) is 45.0 Å². The van der Waals surface area contributed by atoms with Crippen LogP contribution in [0.4, 0.5) is 11.6 Å². The predicted octanol–water partition coefficient (Wildman–Crippen LogP) is 7.11. The lowest BCUT2D eigenvalue weighted by Gasteiger charge is -2.47. The van der Waals surface area contributed by atoms with E-state index in [4.69, 9.17) is 24.7 Å². The van der Waals surface area contributed by atoms with E-state index in [1.807, 2.05) is 47.6 Å². The number of aromatic nitrogens is 4. The standard InChI is InChI=1S/C36H41N7O2S/c1-23-8-6-9-24(2)32(23)29-15-31-40-34(39-29)41-46-28-11-7-10-25(14-28)33(44)43(26(20-45-31)16-36(5)12-13-36)19-30-37-17-27(18-38-30)42-21-35(3,4)22-42/h6-11,14-15,17-18,26H,12-13,16,19-22H2,1-5H3,(H,39,40,41). The number of hydrogen-bond donors (Lipinski definition) is 1. The van der Waals surface area contributed by atoms with Crippen molar-refractivity contribution >= 4 is 29.5 Å². The second-order valence-electron chi connectivity index (χ2n) is 14.2. The Morgan fingerprint density at radius 1 is 0.978 bits per heavy atom. The fourth-order valence-electron chi connectivity index (χ4n) is 6.56. The van der Waals surface area contributed by atoms with E-state index in [0.717, 1.165) is 65.3 Å². The first-order chi connectivity index (χ1) is 22.0. The number of benzene rings is 2. The van der Waals surface area contributed by atoms with E-state index in [1.165, 1.54) is 11.9 Å². The van der Waals surface area contributed by atoms with Crippen molar-refractivity contribution in [1.82, 2.24) is 24.8 Å². The maximum absolute atomic E-state index is 14.4. The molecule has 4 aromatic rings. The third-order valence-electron chi connectivity index (χ3n) is 9.34. The lowest BCUT2D eigenvalue weighted by molar-refractivity contribution is 0.0533. The minimum Gasteiger partial charge on any atom is -0.475 e. The molecule has 46 heavy (non-hydrogen) atoms. The lowest BCUT2D eigenvalue weighted by atomic mass is 9.84. The van der Waals surface area contributed by atoms with Gasteiger partial charge in [0.25, 0.3) is 5.91 Å². The highest BCUT2D eigenvalue weighted by Crippen LogP contribution is 2.49. The van der Waals surface area contributed by atoms with Crippen molar-refractivity contribution in [2.24, 2.45) is 10.8 Å². The van der Waals surface area contributed by atoms with Crippen molar-refractivity contribution in [3.63, 3.8) is 0 Å². The van der Waals surface area contributed by atoms with Gasteiger partial charge in [-0.05, 0) is 85.2 Å². The smallest absolute Gasteiger partial charge is 0.254 e. The summed E-state index contributed by atoms with van der Waals surface area (Å²) >= 11 is 1.37. The molecule has 0 spiro atoms. The molecule has 9 nitrogen and oxygen atoms in total. The van der Waals surface area contributed by atoms with Crippen LogP contribution in [0.1, 0.15) is 67.3 Å². The average Bonchev–Trinajstić information content (AvgIpc) is 3.76. The van der Waals surface area contributed by atoms with E-state index in [2.05, 4.69) is 62.4 Å². The van der Waals surface area contributed by atoms with Crippen molar-refractivity contribution in [3.8, 4) is 17.1 Å². The van der Waals surface area contributed by atoms with Crippen molar-refractivity contribution < 1.29 is 9.53 Å². The van der Waals surface area contributed by atoms with Gasteiger partial charge in [0.15, 0.2) is 0 Å². The van der Waals surface area contributed by atoms with Crippen LogP contribution in [0, 0.1) is 24.7 Å². The summed E-state index contributed by atoms with van der Waals surface area (Å²) in [6, 6.07) is 15.6. The Morgan fingerprint density at radius 2 is 1.70 bits per heavy atom. The van der Waals surface area contributed by atoms with E-state index < -0.39 is 0 Å². The molecule has 0 radical (unpaired) electrons. The van der Waals surface area contributed by atoms with Crippen LogP contribution in [0.3, 0.4) is 0 Å². The molecule has 3 aliphatic rings. The first kappa shape index (κ1) is 30.5. The minimum atomic E-state index is -0.216. The molecule has 2 aromatic heterocycles. The van der Waals surface area contributed by atoms with Crippen LogP contribution in [0.25, 0.3) is 11.3 Å². The van der Waals surface area contributed by atoms with Crippen molar-refractivity contribution in [2.45, 2.75) is 71.4 Å². The van der Waals surface area contributed by atoms with Crippen molar-refractivity contribution in [3.05, 3.63) is 83.4 Å². The molecule has 4 heterocycles. The first-order valence-electron chi connectivity index (χ1n) is 16.0. The number of carbonyl (C=O) groups is 1. The third kappa shape index (κ3) is 6.54. The van der Waals surface area contributed by atoms with E-state index >= 15 is 0 Å². The molecule has 1 saturated heterocycles. The molecule has 2 aromatic carbocycles. The number of aryl methyl sites for hydroxylation is 2. The summed E-state index contributed by atoms with van der Waals surface area (Å²) < 4.78 is 9.81. The molecule has 1 unspecified atom stereocenters. The second kappa shape index (κ2) is 11.9. The van der Waals surface area contributed by atoms with Gasteiger partial charge in [0.1, 0.15) is 12.4 Å². The van der Waals surface area contributed by atoms with Crippen LogP contribution in [-0.2, 0) is 6.54 Å². The summed E-state index contributed by atoms with van der Waals surface area (Å²) in [4.78, 5) is 38.6. The Balaban J connectivity index is 1.25. The maximum Gasteiger partial charge on any atom is 0.254 e. The first-order valence-corrected chi connectivity index (χ1v) is 16.8. The quantitative estimate of drug-likeness (QED) is 0.222. The molecule has 1 saturated carbocycles. The third-order valence-corrected chi connectivity index (χ3v) is 10.1. The fourth-order valence-corrected chi connectivity index (χ4v) is 7.20. The lowest BCUT2D eigenvalue weighted by Crippen LogP contribution is -2.53. The van der Waals surface area contributed by atoms with Crippen LogP contribution in [0.2, 0.25) is 0 Å². The molecular weight excluding hydrogens is 595 g/mol. The largest absolute Gasteiger partial charge is 0.475 e. The summed E-state index contributed by atoms with van der Waals surface area (Å²) in [5.41, 5.74) is 6.22. The zero-order valence-corrected chi connectivity index (χ0v) is 28.0. The Labute approximate surface area is 275 Å². The zero-order valence-electron chi connectivity index (χ0n) is 27.2. The molecule has 2 fully saturated rings. The molecule has 1 aliphatic carbocycles. The van der Waals surface area contributed by atoms with Gasteiger partial charge >= 0.3 is 0 Å². The Morgan fingerprint density at radius 3 is 2.39 bits per heavy atom. The van der Waals surface area contributed by atoms with Gasteiger partial charge in [-0.15, -0.1) is 0 Å². The summed E-state index contributed by atoms with van der Waals surface area (Å²) in [7, 11) is 0. The maximum atomic E-state index is 14.4. The van der Waals surface area contributed by atoms with Gasteiger partial charge < -0.3 is 14.5 Å². The predicted molar refractivity (Wildman–Crippen MR) is 182 cm³/mol. The molecule has 4 bridgehead atoms. The molecular formula is C36H41N7O2S. The van der Waals surface area contributed by atoms with Crippen molar-refractivity contribution in [2.75, 3.05) is 29.3 Å². The van der Waals surface area contributed by atoms with Crippen LogP contribution in [-0.4, -0.2) is 56.5 Å². The summed E-state index contributed by atoms with van der Waals surface area (Å²) in [6.07, 6.45) is 6.85. The Hall–Kier alpha value is -4.18. The number of carbonyl (C=O) groups excluding carboxylic acids is 1. The molecule has 1 atom stereocenters. The highest BCUT2D eigenvalue weighted by molar-refractivity contribution is 8.00. The number of ether oxygens (including phenoxy) is 1. The molecule has 1 N–H and O–H groups in total. The van der Waals surface area contributed by atoms with Gasteiger partial charge in [-0.2, -0.15) is 4.98 Å². The van der Waals surface area contributed by atoms with Crippen LogP contribution in [0.5, 0.6) is 5.88 Å². The molecule has 1 amide bonds. The Kier molecular flexibility index (Phi) is 7.87. The number of hydrogen-bond acceptors (Lipinski definition) is 9. The molecule has 238 valence electrons. The monoisotopic (exact) mass is 635 g/mol. The SMILES string of the molecule is Cc1cccc(C)c1-c1cc2nc(n1)NSc1cccc(c1)C(=O)N(Cc1ncc(N3CC(C)(C)C3)cn1)C(CC1(C)CC1)CO2. The highest BCUT2D eigenvalue weighted by atomic mass is 32.2. The van der Waals surface area contributed by atoms with Crippen molar-refractivity contribution in [1.29, 1.82) is 0 Å². The van der Waals surface area contributed by atoms with Gasteiger partial charge in [0, 0.05) is 35.2 Å². The molecule has 10 heteroatoms. The number of anilines is 2.